The normalized spacial score (nSPS) is 17.4. The van der Waals surface area contributed by atoms with Crippen LogP contribution in [-0.2, 0) is 11.4 Å². The molecule has 1 aliphatic rings. The molecule has 160 valence electrons. The number of benzene rings is 3. The summed E-state index contributed by atoms with van der Waals surface area (Å²) in [5.74, 6) is -1.64. The minimum Gasteiger partial charge on any atom is -0.489 e. The Morgan fingerprint density at radius 1 is 1.06 bits per heavy atom. The summed E-state index contributed by atoms with van der Waals surface area (Å²) in [5, 5.41) is 9.65. The highest BCUT2D eigenvalue weighted by molar-refractivity contribution is 5.74. The van der Waals surface area contributed by atoms with Crippen molar-refractivity contribution in [3.8, 4) is 5.75 Å². The Kier molecular flexibility index (Phi) is 6.28. The molecule has 0 bridgehead atoms. The van der Waals surface area contributed by atoms with E-state index in [-0.39, 0.29) is 5.56 Å². The van der Waals surface area contributed by atoms with Crippen molar-refractivity contribution in [3.05, 3.63) is 101 Å². The molecule has 1 aliphatic heterocycles. The van der Waals surface area contributed by atoms with Gasteiger partial charge in [0.2, 0.25) is 0 Å². The number of hydrogen-bond donors (Lipinski definition) is 1. The van der Waals surface area contributed by atoms with Crippen molar-refractivity contribution in [3.63, 3.8) is 0 Å². The molecule has 2 atom stereocenters. The number of rotatable bonds is 7. The first-order valence-corrected chi connectivity index (χ1v) is 10.2. The Labute approximate surface area is 179 Å². The molecule has 2 unspecified atom stereocenters. The third-order valence-corrected chi connectivity index (χ3v) is 5.61. The van der Waals surface area contributed by atoms with Gasteiger partial charge in [-0.1, -0.05) is 48.5 Å². The molecule has 0 aliphatic carbocycles. The van der Waals surface area contributed by atoms with E-state index in [4.69, 9.17) is 4.74 Å². The topological polar surface area (TPSA) is 49.8 Å². The molecule has 0 radical (unpaired) electrons. The zero-order valence-electron chi connectivity index (χ0n) is 16.9. The zero-order chi connectivity index (χ0) is 21.8. The van der Waals surface area contributed by atoms with E-state index in [0.29, 0.717) is 31.7 Å². The fraction of sp³-hybridized carbons (Fsp3) is 0.240. The molecule has 0 saturated carbocycles. The number of carbonyl (C=O) groups is 1. The van der Waals surface area contributed by atoms with Crippen LogP contribution in [0, 0.1) is 11.6 Å². The van der Waals surface area contributed by atoms with Gasteiger partial charge in [-0.25, -0.2) is 8.78 Å². The summed E-state index contributed by atoms with van der Waals surface area (Å²) in [4.78, 5) is 13.6. The SMILES string of the molecule is O=C(O)C1CCCN1C(c1ccc(OCc2ccccc2)cc1)c1ccc(F)cc1F. The molecule has 3 aromatic rings. The molecule has 1 heterocycles. The van der Waals surface area contributed by atoms with Gasteiger partial charge in [-0.15, -0.1) is 0 Å². The number of hydrogen-bond acceptors (Lipinski definition) is 3. The third-order valence-electron chi connectivity index (χ3n) is 5.61. The molecular formula is C25H23F2NO3. The predicted molar refractivity (Wildman–Crippen MR) is 113 cm³/mol. The Bertz CT molecular complexity index is 1040. The van der Waals surface area contributed by atoms with E-state index < -0.39 is 29.7 Å². The number of ether oxygens (including phenoxy) is 1. The van der Waals surface area contributed by atoms with Gasteiger partial charge in [0.25, 0.3) is 0 Å². The minimum absolute atomic E-state index is 0.257. The van der Waals surface area contributed by atoms with Crippen molar-refractivity contribution in [2.45, 2.75) is 31.5 Å². The first-order chi connectivity index (χ1) is 15.0. The molecule has 1 saturated heterocycles. The number of likely N-dealkylation sites (tertiary alicyclic amines) is 1. The highest BCUT2D eigenvalue weighted by Crippen LogP contribution is 2.37. The number of nitrogens with zero attached hydrogens (tertiary/aromatic N) is 1. The highest BCUT2D eigenvalue weighted by atomic mass is 19.1. The van der Waals surface area contributed by atoms with Crippen molar-refractivity contribution >= 4 is 5.97 Å². The first-order valence-electron chi connectivity index (χ1n) is 10.2. The highest BCUT2D eigenvalue weighted by Gasteiger charge is 2.37. The fourth-order valence-electron chi connectivity index (χ4n) is 4.12. The molecule has 0 aromatic heterocycles. The van der Waals surface area contributed by atoms with Crippen LogP contribution < -0.4 is 4.74 Å². The van der Waals surface area contributed by atoms with Gasteiger partial charge in [-0.2, -0.15) is 0 Å². The molecule has 4 nitrogen and oxygen atoms in total. The monoisotopic (exact) mass is 423 g/mol. The lowest BCUT2D eigenvalue weighted by Crippen LogP contribution is -2.39. The summed E-state index contributed by atoms with van der Waals surface area (Å²) in [6.45, 7) is 0.939. The van der Waals surface area contributed by atoms with Crippen LogP contribution in [-0.4, -0.2) is 28.6 Å². The smallest absolute Gasteiger partial charge is 0.320 e. The standard InChI is InChI=1S/C25H23F2NO3/c26-19-10-13-21(22(27)15-19)24(28-14-4-7-23(28)25(29)30)18-8-11-20(12-9-18)31-16-17-5-2-1-3-6-17/h1-3,5-6,8-13,15,23-24H,4,7,14,16H2,(H,29,30). The number of carboxylic acids is 1. The lowest BCUT2D eigenvalue weighted by molar-refractivity contribution is -0.142. The van der Waals surface area contributed by atoms with Crippen LogP contribution in [0.5, 0.6) is 5.75 Å². The Morgan fingerprint density at radius 2 is 1.81 bits per heavy atom. The summed E-state index contributed by atoms with van der Waals surface area (Å²) >= 11 is 0. The van der Waals surface area contributed by atoms with Crippen molar-refractivity contribution in [1.29, 1.82) is 0 Å². The molecule has 0 amide bonds. The first kappa shape index (κ1) is 21.0. The van der Waals surface area contributed by atoms with Gasteiger partial charge in [0, 0.05) is 18.2 Å². The Hall–Kier alpha value is -3.25. The van der Waals surface area contributed by atoms with Crippen LogP contribution in [0.15, 0.2) is 72.8 Å². The molecule has 31 heavy (non-hydrogen) atoms. The van der Waals surface area contributed by atoms with E-state index in [9.17, 15) is 18.7 Å². The van der Waals surface area contributed by atoms with Crippen LogP contribution in [0.3, 0.4) is 0 Å². The Balaban J connectivity index is 1.62. The second-order valence-corrected chi connectivity index (χ2v) is 7.65. The van der Waals surface area contributed by atoms with E-state index in [1.807, 2.05) is 42.5 Å². The molecule has 4 rings (SSSR count). The summed E-state index contributed by atoms with van der Waals surface area (Å²) in [5.41, 5.74) is 2.03. The largest absolute Gasteiger partial charge is 0.489 e. The molecule has 1 N–H and O–H groups in total. The second-order valence-electron chi connectivity index (χ2n) is 7.65. The average molecular weight is 423 g/mol. The van der Waals surface area contributed by atoms with Crippen molar-refractivity contribution in [2.24, 2.45) is 0 Å². The maximum absolute atomic E-state index is 14.7. The maximum Gasteiger partial charge on any atom is 0.320 e. The lowest BCUT2D eigenvalue weighted by Gasteiger charge is -2.32. The van der Waals surface area contributed by atoms with Crippen LogP contribution in [0.2, 0.25) is 0 Å². The van der Waals surface area contributed by atoms with Crippen molar-refractivity contribution in [2.75, 3.05) is 6.54 Å². The quantitative estimate of drug-likeness (QED) is 0.569. The van der Waals surface area contributed by atoms with Crippen LogP contribution >= 0.6 is 0 Å². The van der Waals surface area contributed by atoms with Crippen molar-refractivity contribution in [1.82, 2.24) is 4.90 Å². The summed E-state index contributed by atoms with van der Waals surface area (Å²) in [6, 6.07) is 19.1. The van der Waals surface area contributed by atoms with E-state index >= 15 is 0 Å². The lowest BCUT2D eigenvalue weighted by atomic mass is 9.95. The van der Waals surface area contributed by atoms with E-state index in [0.717, 1.165) is 17.2 Å². The van der Waals surface area contributed by atoms with E-state index in [1.165, 1.54) is 12.1 Å². The van der Waals surface area contributed by atoms with Crippen molar-refractivity contribution < 1.29 is 23.4 Å². The maximum atomic E-state index is 14.7. The van der Waals surface area contributed by atoms with Gasteiger partial charge >= 0.3 is 5.97 Å². The molecule has 0 spiro atoms. The summed E-state index contributed by atoms with van der Waals surface area (Å²) < 4.78 is 34.1. The summed E-state index contributed by atoms with van der Waals surface area (Å²) in [6.07, 6.45) is 1.20. The molecule has 3 aromatic carbocycles. The molecule has 1 fully saturated rings. The third kappa shape index (κ3) is 4.75. The molecule has 6 heteroatoms. The van der Waals surface area contributed by atoms with Gasteiger partial charge in [-0.3, -0.25) is 9.69 Å². The Morgan fingerprint density at radius 3 is 2.48 bits per heavy atom. The number of halogens is 2. The van der Waals surface area contributed by atoms with Gasteiger partial charge in [0.05, 0.1) is 6.04 Å². The van der Waals surface area contributed by atoms with Gasteiger partial charge in [0.1, 0.15) is 30.0 Å². The zero-order valence-corrected chi connectivity index (χ0v) is 16.9. The van der Waals surface area contributed by atoms with Gasteiger partial charge in [0.15, 0.2) is 0 Å². The second kappa shape index (κ2) is 9.27. The minimum atomic E-state index is -0.937. The predicted octanol–water partition coefficient (Wildman–Crippen LogP) is 5.18. The average Bonchev–Trinajstić information content (AvgIpc) is 3.25. The number of aliphatic carboxylic acids is 1. The molecular weight excluding hydrogens is 400 g/mol. The van der Waals surface area contributed by atoms with Crippen LogP contribution in [0.4, 0.5) is 8.78 Å². The van der Waals surface area contributed by atoms with Gasteiger partial charge in [-0.05, 0) is 42.2 Å². The van der Waals surface area contributed by atoms with Gasteiger partial charge < -0.3 is 9.84 Å². The van der Waals surface area contributed by atoms with Crippen LogP contribution in [0.25, 0.3) is 0 Å². The fourth-order valence-corrected chi connectivity index (χ4v) is 4.12. The van der Waals surface area contributed by atoms with E-state index in [2.05, 4.69) is 0 Å². The van der Waals surface area contributed by atoms with Crippen LogP contribution in [0.1, 0.15) is 35.6 Å². The number of carboxylic acid groups (broad SMARTS) is 1. The van der Waals surface area contributed by atoms with E-state index in [1.54, 1.807) is 17.0 Å². The summed E-state index contributed by atoms with van der Waals surface area (Å²) in [7, 11) is 0.